The molecule has 0 spiro atoms. The Morgan fingerprint density at radius 1 is 1.00 bits per heavy atom. The minimum atomic E-state index is -0.412. The largest absolute Gasteiger partial charge is 0.323 e. The number of hydrogen-bond acceptors (Lipinski definition) is 2. The smallest absolute Gasteiger partial charge is 0.312 e. The average molecular weight is 339 g/mol. The van der Waals surface area contributed by atoms with E-state index in [0.717, 1.165) is 30.5 Å². The van der Waals surface area contributed by atoms with E-state index in [1.54, 1.807) is 0 Å². The zero-order valence-corrected chi connectivity index (χ0v) is 13.6. The fourth-order valence-electron chi connectivity index (χ4n) is 3.06. The van der Waals surface area contributed by atoms with Crippen LogP contribution in [0.15, 0.2) is 42.5 Å². The predicted octanol–water partition coefficient (Wildman–Crippen LogP) is 3.77. The third-order valence-corrected chi connectivity index (χ3v) is 4.53. The van der Waals surface area contributed by atoms with Crippen molar-refractivity contribution in [3.05, 3.63) is 53.8 Å². The Labute approximate surface area is 144 Å². The molecule has 6 heteroatoms. The molecule has 1 aliphatic carbocycles. The molecule has 2 N–H and O–H groups in total. The molecule has 2 aromatic rings. The number of benzene rings is 2. The highest BCUT2D eigenvalue weighted by atomic mass is 19.1. The number of nitrogens with one attached hydrogen (secondary N) is 2. The quantitative estimate of drug-likeness (QED) is 0.894. The highest BCUT2D eigenvalue weighted by Gasteiger charge is 2.36. The molecule has 2 aliphatic rings. The normalized spacial score (nSPS) is 15.6. The Morgan fingerprint density at radius 2 is 1.68 bits per heavy atom. The Morgan fingerprint density at radius 3 is 2.40 bits per heavy atom. The van der Waals surface area contributed by atoms with Crippen LogP contribution in [-0.2, 0) is 11.2 Å². The molecule has 0 saturated heterocycles. The monoisotopic (exact) mass is 339 g/mol. The van der Waals surface area contributed by atoms with Gasteiger partial charge in [-0.05, 0) is 61.2 Å². The van der Waals surface area contributed by atoms with Crippen LogP contribution >= 0.6 is 0 Å². The molecule has 1 aliphatic heterocycles. The first-order valence-corrected chi connectivity index (χ1v) is 8.38. The van der Waals surface area contributed by atoms with Gasteiger partial charge in [0.25, 0.3) is 0 Å². The van der Waals surface area contributed by atoms with E-state index in [-0.39, 0.29) is 17.6 Å². The predicted molar refractivity (Wildman–Crippen MR) is 94.3 cm³/mol. The van der Waals surface area contributed by atoms with E-state index in [2.05, 4.69) is 10.6 Å². The number of anilines is 3. The molecule has 2 aromatic carbocycles. The maximum absolute atomic E-state index is 12.9. The van der Waals surface area contributed by atoms with Gasteiger partial charge in [-0.2, -0.15) is 0 Å². The number of amides is 3. The molecule has 0 atom stereocenters. The summed E-state index contributed by atoms with van der Waals surface area (Å²) in [4.78, 5) is 26.3. The average Bonchev–Trinajstić information content (AvgIpc) is 3.36. The van der Waals surface area contributed by atoms with E-state index in [1.807, 2.05) is 23.1 Å². The summed E-state index contributed by atoms with van der Waals surface area (Å²) in [6.45, 7) is 0.704. The van der Waals surface area contributed by atoms with E-state index in [9.17, 15) is 14.0 Å². The minimum absolute atomic E-state index is 0.171. The van der Waals surface area contributed by atoms with Crippen LogP contribution in [0.1, 0.15) is 18.4 Å². The van der Waals surface area contributed by atoms with Crippen molar-refractivity contribution < 1.29 is 14.0 Å². The highest BCUT2D eigenvalue weighted by molar-refractivity contribution is 6.02. The van der Waals surface area contributed by atoms with Crippen molar-refractivity contribution in [2.75, 3.05) is 22.1 Å². The second-order valence-electron chi connectivity index (χ2n) is 6.44. The number of carbonyl (C=O) groups is 2. The maximum Gasteiger partial charge on any atom is 0.323 e. The zero-order valence-electron chi connectivity index (χ0n) is 13.6. The lowest BCUT2D eigenvalue weighted by Gasteiger charge is -2.18. The van der Waals surface area contributed by atoms with E-state index >= 15 is 0 Å². The number of hydrogen-bond donors (Lipinski definition) is 2. The first-order chi connectivity index (χ1) is 12.1. The molecule has 0 bridgehead atoms. The molecular weight excluding hydrogens is 321 g/mol. The molecule has 0 aromatic heterocycles. The van der Waals surface area contributed by atoms with Crippen LogP contribution in [0.3, 0.4) is 0 Å². The topological polar surface area (TPSA) is 61.4 Å². The fourth-order valence-corrected chi connectivity index (χ4v) is 3.06. The lowest BCUT2D eigenvalue weighted by molar-refractivity contribution is -0.119. The third-order valence-electron chi connectivity index (χ3n) is 4.53. The lowest BCUT2D eigenvalue weighted by atomic mass is 10.1. The van der Waals surface area contributed by atoms with Crippen LogP contribution in [0.5, 0.6) is 0 Å². The van der Waals surface area contributed by atoms with Crippen molar-refractivity contribution in [2.45, 2.75) is 19.3 Å². The second kappa shape index (κ2) is 6.20. The first kappa shape index (κ1) is 15.6. The van der Waals surface area contributed by atoms with Crippen LogP contribution in [0.4, 0.5) is 26.2 Å². The molecule has 25 heavy (non-hydrogen) atoms. The summed E-state index contributed by atoms with van der Waals surface area (Å²) in [5, 5.41) is 5.41. The van der Waals surface area contributed by atoms with Gasteiger partial charge in [0.1, 0.15) is 5.82 Å². The summed E-state index contributed by atoms with van der Waals surface area (Å²) >= 11 is 0. The number of nitrogens with zero attached hydrogens (tertiary/aromatic N) is 1. The standard InChI is InChI=1S/C19H18FN3O2/c20-14-4-7-15(8-5-14)21-19(25)22-16-6-3-12-9-10-23(17(12)11-16)18(24)13-1-2-13/h3-8,11,13H,1-2,9-10H2,(H2,21,22,25). The van der Waals surface area contributed by atoms with Crippen LogP contribution in [0.25, 0.3) is 0 Å². The van der Waals surface area contributed by atoms with Gasteiger partial charge in [-0.1, -0.05) is 6.07 Å². The molecule has 1 heterocycles. The van der Waals surface area contributed by atoms with Gasteiger partial charge < -0.3 is 15.5 Å². The summed E-state index contributed by atoms with van der Waals surface area (Å²) in [6.07, 6.45) is 2.79. The molecule has 1 saturated carbocycles. The number of halogens is 1. The first-order valence-electron chi connectivity index (χ1n) is 8.38. The number of fused-ring (bicyclic) bond motifs is 1. The SMILES string of the molecule is O=C(Nc1ccc(F)cc1)Nc1ccc2c(c1)N(C(=O)C1CC1)CC2. The summed E-state index contributed by atoms with van der Waals surface area (Å²) in [5.41, 5.74) is 3.13. The van der Waals surface area contributed by atoms with Crippen molar-refractivity contribution >= 4 is 29.0 Å². The van der Waals surface area contributed by atoms with Gasteiger partial charge in [0, 0.05) is 29.5 Å². The van der Waals surface area contributed by atoms with Gasteiger partial charge >= 0.3 is 6.03 Å². The summed E-state index contributed by atoms with van der Waals surface area (Å²) in [5.74, 6) is 0.000931. The summed E-state index contributed by atoms with van der Waals surface area (Å²) in [6, 6.07) is 10.8. The van der Waals surface area contributed by atoms with Gasteiger partial charge in [-0.3, -0.25) is 4.79 Å². The van der Waals surface area contributed by atoms with Crippen molar-refractivity contribution in [2.24, 2.45) is 5.92 Å². The zero-order chi connectivity index (χ0) is 17.4. The fraction of sp³-hybridized carbons (Fsp3) is 0.263. The Balaban J connectivity index is 1.46. The van der Waals surface area contributed by atoms with Crippen LogP contribution in [0, 0.1) is 11.7 Å². The summed E-state index contributed by atoms with van der Waals surface area (Å²) in [7, 11) is 0. The molecule has 1 fully saturated rings. The van der Waals surface area contributed by atoms with Crippen molar-refractivity contribution in [3.8, 4) is 0 Å². The van der Waals surface area contributed by atoms with Gasteiger partial charge in [0.2, 0.25) is 5.91 Å². The van der Waals surface area contributed by atoms with Gasteiger partial charge in [0.05, 0.1) is 0 Å². The van der Waals surface area contributed by atoms with Gasteiger partial charge in [-0.25, -0.2) is 9.18 Å². The maximum atomic E-state index is 12.9. The van der Waals surface area contributed by atoms with Crippen molar-refractivity contribution in [1.82, 2.24) is 0 Å². The Hall–Kier alpha value is -2.89. The van der Waals surface area contributed by atoms with Crippen LogP contribution in [0.2, 0.25) is 0 Å². The molecule has 4 rings (SSSR count). The lowest BCUT2D eigenvalue weighted by Crippen LogP contribution is -2.30. The van der Waals surface area contributed by atoms with E-state index < -0.39 is 6.03 Å². The minimum Gasteiger partial charge on any atom is -0.312 e. The number of rotatable bonds is 3. The molecule has 0 radical (unpaired) electrons. The molecule has 0 unspecified atom stereocenters. The van der Waals surface area contributed by atoms with E-state index in [1.165, 1.54) is 24.3 Å². The van der Waals surface area contributed by atoms with Gasteiger partial charge in [-0.15, -0.1) is 0 Å². The van der Waals surface area contributed by atoms with Crippen LogP contribution < -0.4 is 15.5 Å². The third kappa shape index (κ3) is 3.33. The van der Waals surface area contributed by atoms with E-state index in [4.69, 9.17) is 0 Å². The number of carbonyl (C=O) groups excluding carboxylic acids is 2. The second-order valence-corrected chi connectivity index (χ2v) is 6.44. The Bertz CT molecular complexity index is 831. The molecule has 128 valence electrons. The highest BCUT2D eigenvalue weighted by Crippen LogP contribution is 2.37. The molecular formula is C19H18FN3O2. The number of urea groups is 1. The van der Waals surface area contributed by atoms with Crippen molar-refractivity contribution in [1.29, 1.82) is 0 Å². The van der Waals surface area contributed by atoms with Crippen LogP contribution in [-0.4, -0.2) is 18.5 Å². The summed E-state index contributed by atoms with van der Waals surface area (Å²) < 4.78 is 12.9. The van der Waals surface area contributed by atoms with Crippen molar-refractivity contribution in [3.63, 3.8) is 0 Å². The molecule has 3 amide bonds. The molecule has 5 nitrogen and oxygen atoms in total. The van der Waals surface area contributed by atoms with Gasteiger partial charge in [0.15, 0.2) is 0 Å². The van der Waals surface area contributed by atoms with E-state index in [0.29, 0.717) is 17.9 Å². The Kier molecular flexibility index (Phi) is 3.87.